The van der Waals surface area contributed by atoms with Crippen LogP contribution >= 0.6 is 0 Å². The van der Waals surface area contributed by atoms with Gasteiger partial charge < -0.3 is 13.7 Å². The third-order valence-corrected chi connectivity index (χ3v) is 8.04. The molecule has 8 nitrogen and oxygen atoms in total. The first kappa shape index (κ1) is 30.9. The number of fused-ring (bicyclic) bond motifs is 1. The van der Waals surface area contributed by atoms with E-state index in [9.17, 15) is 31.2 Å². The van der Waals surface area contributed by atoms with Gasteiger partial charge in [0.2, 0.25) is 0 Å². The quantitative estimate of drug-likeness (QED) is 0.197. The Morgan fingerprint density at radius 2 is 1.62 bits per heavy atom. The van der Waals surface area contributed by atoms with Gasteiger partial charge in [-0.1, -0.05) is 57.2 Å². The number of halogens is 3. The average molecular weight is 606 g/mol. The van der Waals surface area contributed by atoms with E-state index in [4.69, 9.17) is 9.47 Å². The summed E-state index contributed by atoms with van der Waals surface area (Å²) in [6.45, 7) is 5.97. The molecule has 0 aliphatic carbocycles. The summed E-state index contributed by atoms with van der Waals surface area (Å²) in [6, 6.07) is 17.1. The fourth-order valence-electron chi connectivity index (χ4n) is 5.15. The van der Waals surface area contributed by atoms with Crippen molar-refractivity contribution in [2.75, 3.05) is 19.1 Å². The van der Waals surface area contributed by atoms with E-state index >= 15 is 0 Å². The normalized spacial score (nSPS) is 17.0. The van der Waals surface area contributed by atoms with Gasteiger partial charge in [0.05, 0.1) is 14.2 Å². The summed E-state index contributed by atoms with van der Waals surface area (Å²) in [5.41, 5.74) is -5.47. The van der Waals surface area contributed by atoms with Crippen LogP contribution in [0.5, 0.6) is 11.5 Å². The van der Waals surface area contributed by atoms with Gasteiger partial charge in [-0.05, 0) is 52.4 Å². The van der Waals surface area contributed by atoms with Crippen molar-refractivity contribution in [1.82, 2.24) is 0 Å². The minimum atomic E-state index is -5.95. The molecule has 1 aliphatic heterocycles. The number of alkyl halides is 3. The number of benzene rings is 3. The fraction of sp³-hybridized carbons (Fsp3) is 0.333. The second-order valence-corrected chi connectivity index (χ2v) is 12.5. The van der Waals surface area contributed by atoms with Crippen LogP contribution in [0.25, 0.3) is 0 Å². The highest BCUT2D eigenvalue weighted by molar-refractivity contribution is 7.88. The second-order valence-electron chi connectivity index (χ2n) is 10.9. The van der Waals surface area contributed by atoms with Gasteiger partial charge in [0.25, 0.3) is 5.91 Å². The molecule has 1 unspecified atom stereocenters. The lowest BCUT2D eigenvalue weighted by molar-refractivity contribution is -0.146. The standard InChI is InChI=1S/C30H30F3NO7S/c1-28(2,3)23-13-11-20(16-25(23)39-4)26(35)34-24-14-12-22(41-42(37,38)30(31,32)33)15-21(24)18-29(34,27(36)40-5)17-19-9-7-6-8-10-19/h6-16H,17-18H2,1-5H3. The number of methoxy groups -OCH3 is 2. The number of hydrogen-bond acceptors (Lipinski definition) is 7. The highest BCUT2D eigenvalue weighted by atomic mass is 32.2. The van der Waals surface area contributed by atoms with Crippen LogP contribution in [0.15, 0.2) is 66.7 Å². The minimum absolute atomic E-state index is 0.00478. The molecule has 0 radical (unpaired) electrons. The molecule has 0 N–H and O–H groups in total. The molecular formula is C30H30F3NO7S. The van der Waals surface area contributed by atoms with E-state index in [1.54, 1.807) is 48.5 Å². The molecule has 42 heavy (non-hydrogen) atoms. The molecule has 4 rings (SSSR count). The largest absolute Gasteiger partial charge is 0.534 e. The topological polar surface area (TPSA) is 99.2 Å². The monoisotopic (exact) mass is 605 g/mol. The van der Waals surface area contributed by atoms with Crippen LogP contribution in [0.2, 0.25) is 0 Å². The Hall–Kier alpha value is -4.06. The molecule has 1 atom stereocenters. The van der Waals surface area contributed by atoms with E-state index in [2.05, 4.69) is 4.18 Å². The summed E-state index contributed by atoms with van der Waals surface area (Å²) in [7, 11) is -3.30. The zero-order valence-electron chi connectivity index (χ0n) is 23.6. The first-order chi connectivity index (χ1) is 19.5. The third-order valence-electron chi connectivity index (χ3n) is 7.06. The summed E-state index contributed by atoms with van der Waals surface area (Å²) in [5.74, 6) is -1.51. The first-order valence-electron chi connectivity index (χ1n) is 12.8. The Bertz CT molecular complexity index is 1620. The lowest BCUT2D eigenvalue weighted by Gasteiger charge is -2.36. The van der Waals surface area contributed by atoms with Gasteiger partial charge in [-0.15, -0.1) is 0 Å². The zero-order valence-corrected chi connectivity index (χ0v) is 24.4. The van der Waals surface area contributed by atoms with Gasteiger partial charge in [0, 0.05) is 24.1 Å². The van der Waals surface area contributed by atoms with E-state index < -0.39 is 38.8 Å². The number of anilines is 1. The lowest BCUT2D eigenvalue weighted by Crippen LogP contribution is -2.58. The summed E-state index contributed by atoms with van der Waals surface area (Å²) in [4.78, 5) is 29.1. The molecule has 0 fully saturated rings. The molecule has 0 saturated carbocycles. The lowest BCUT2D eigenvalue weighted by atomic mass is 9.85. The molecule has 1 heterocycles. The SMILES string of the molecule is COC(=O)C1(Cc2ccccc2)Cc2cc(OS(=O)(=O)C(F)(F)F)ccc2N1C(=O)c1ccc(C(C)(C)C)c(OC)c1. The van der Waals surface area contributed by atoms with Crippen molar-refractivity contribution >= 4 is 27.7 Å². The van der Waals surface area contributed by atoms with E-state index in [0.717, 1.165) is 17.7 Å². The number of esters is 1. The predicted octanol–water partition coefficient (Wildman–Crippen LogP) is 5.58. The molecule has 12 heteroatoms. The average Bonchev–Trinajstić information content (AvgIpc) is 3.24. The number of carbonyl (C=O) groups excluding carboxylic acids is 2. The minimum Gasteiger partial charge on any atom is -0.496 e. The molecule has 0 spiro atoms. The molecule has 3 aromatic carbocycles. The molecule has 0 saturated heterocycles. The van der Waals surface area contributed by atoms with Gasteiger partial charge in [-0.3, -0.25) is 9.69 Å². The maximum Gasteiger partial charge on any atom is 0.534 e. The molecule has 3 aromatic rings. The Labute approximate surface area is 242 Å². The maximum absolute atomic E-state index is 14.3. The van der Waals surface area contributed by atoms with Gasteiger partial charge in [0.15, 0.2) is 5.54 Å². The van der Waals surface area contributed by atoms with Gasteiger partial charge in [-0.25, -0.2) is 4.79 Å². The molecule has 0 bridgehead atoms. The van der Waals surface area contributed by atoms with Crippen LogP contribution in [0.4, 0.5) is 18.9 Å². The van der Waals surface area contributed by atoms with E-state index in [0.29, 0.717) is 11.3 Å². The number of hydrogen-bond donors (Lipinski definition) is 0. The Morgan fingerprint density at radius 3 is 2.19 bits per heavy atom. The number of nitrogens with zero attached hydrogens (tertiary/aromatic N) is 1. The molecule has 1 aliphatic rings. The van der Waals surface area contributed by atoms with Crippen molar-refractivity contribution in [2.45, 2.75) is 50.1 Å². The van der Waals surface area contributed by atoms with Gasteiger partial charge in [-0.2, -0.15) is 21.6 Å². The van der Waals surface area contributed by atoms with Crippen LogP contribution in [0, 0.1) is 0 Å². The van der Waals surface area contributed by atoms with Crippen molar-refractivity contribution in [1.29, 1.82) is 0 Å². The van der Waals surface area contributed by atoms with Crippen molar-refractivity contribution in [3.8, 4) is 11.5 Å². The Morgan fingerprint density at radius 1 is 0.952 bits per heavy atom. The third kappa shape index (κ3) is 5.67. The molecular weight excluding hydrogens is 575 g/mol. The van der Waals surface area contributed by atoms with Gasteiger partial charge >= 0.3 is 21.6 Å². The summed E-state index contributed by atoms with van der Waals surface area (Å²) in [6.07, 6.45) is -0.189. The highest BCUT2D eigenvalue weighted by Gasteiger charge is 2.54. The summed E-state index contributed by atoms with van der Waals surface area (Å²) in [5, 5.41) is 0. The summed E-state index contributed by atoms with van der Waals surface area (Å²) >= 11 is 0. The summed E-state index contributed by atoms with van der Waals surface area (Å²) < 4.78 is 77.4. The van der Waals surface area contributed by atoms with Crippen LogP contribution in [0.3, 0.4) is 0 Å². The predicted molar refractivity (Wildman–Crippen MR) is 149 cm³/mol. The van der Waals surface area contributed by atoms with Crippen LogP contribution in [-0.2, 0) is 37.9 Å². The van der Waals surface area contributed by atoms with Crippen molar-refractivity contribution in [2.24, 2.45) is 0 Å². The second kappa shape index (κ2) is 11.0. The number of ether oxygens (including phenoxy) is 2. The van der Waals surface area contributed by atoms with Crippen molar-refractivity contribution in [3.05, 3.63) is 89.0 Å². The maximum atomic E-state index is 14.3. The number of rotatable bonds is 7. The smallest absolute Gasteiger partial charge is 0.496 e. The fourth-order valence-corrected chi connectivity index (χ4v) is 5.60. The zero-order chi connectivity index (χ0) is 31.1. The van der Waals surface area contributed by atoms with Crippen molar-refractivity contribution < 1.29 is 44.8 Å². The Kier molecular flexibility index (Phi) is 8.07. The van der Waals surface area contributed by atoms with Crippen LogP contribution in [0.1, 0.15) is 47.8 Å². The number of amides is 1. The van der Waals surface area contributed by atoms with Gasteiger partial charge in [0.1, 0.15) is 11.5 Å². The molecule has 224 valence electrons. The molecule has 0 aromatic heterocycles. The molecule has 1 amide bonds. The van der Waals surface area contributed by atoms with Crippen molar-refractivity contribution in [3.63, 3.8) is 0 Å². The highest BCUT2D eigenvalue weighted by Crippen LogP contribution is 2.45. The van der Waals surface area contributed by atoms with E-state index in [-0.39, 0.29) is 35.1 Å². The first-order valence-corrected chi connectivity index (χ1v) is 14.2. The number of carbonyl (C=O) groups is 2. The van der Waals surface area contributed by atoms with E-state index in [1.807, 2.05) is 20.8 Å². The van der Waals surface area contributed by atoms with E-state index in [1.165, 1.54) is 25.2 Å². The Balaban J connectivity index is 1.89. The van der Waals surface area contributed by atoms with Crippen LogP contribution in [-0.4, -0.2) is 45.6 Å². The van der Waals surface area contributed by atoms with Crippen LogP contribution < -0.4 is 13.8 Å².